The lowest BCUT2D eigenvalue weighted by atomic mass is 9.81. The molecule has 148 valence electrons. The van der Waals surface area contributed by atoms with Crippen LogP contribution in [0.1, 0.15) is 48.7 Å². The third-order valence-electron chi connectivity index (χ3n) is 5.04. The summed E-state index contributed by atoms with van der Waals surface area (Å²) in [5.41, 5.74) is 7.14. The van der Waals surface area contributed by atoms with E-state index in [1.807, 2.05) is 24.3 Å². The lowest BCUT2D eigenvalue weighted by Crippen LogP contribution is -2.48. The summed E-state index contributed by atoms with van der Waals surface area (Å²) in [7, 11) is 3.39. The maximum atomic E-state index is 12.5. The molecule has 1 aromatic heterocycles. The van der Waals surface area contributed by atoms with Crippen molar-refractivity contribution >= 4 is 23.5 Å². The number of nitrogens with one attached hydrogen (secondary N) is 1. The van der Waals surface area contributed by atoms with Gasteiger partial charge < -0.3 is 11.1 Å². The van der Waals surface area contributed by atoms with Crippen molar-refractivity contribution in [2.45, 2.75) is 38.1 Å². The van der Waals surface area contributed by atoms with E-state index in [4.69, 9.17) is 10.7 Å². The monoisotopic (exact) mass is 382 g/mol. The van der Waals surface area contributed by atoms with Gasteiger partial charge in [0.25, 0.3) is 5.91 Å². The van der Waals surface area contributed by atoms with Crippen LogP contribution in [0.25, 0.3) is 0 Å². The molecule has 1 aliphatic rings. The van der Waals surface area contributed by atoms with E-state index in [1.54, 1.807) is 31.0 Å². The third kappa shape index (κ3) is 3.90. The molecule has 1 aliphatic heterocycles. The van der Waals surface area contributed by atoms with Crippen LogP contribution in [0, 0.1) is 0 Å². The number of anilines is 1. The Labute approximate surface area is 164 Å². The molecule has 3 N–H and O–H groups in total. The molecule has 0 bridgehead atoms. The van der Waals surface area contributed by atoms with Gasteiger partial charge in [0, 0.05) is 26.0 Å². The summed E-state index contributed by atoms with van der Waals surface area (Å²) in [6.45, 7) is 2.10. The minimum Gasteiger partial charge on any atom is -0.369 e. The number of benzene rings is 1. The molecule has 0 radical (unpaired) electrons. The van der Waals surface area contributed by atoms with E-state index >= 15 is 0 Å². The molecule has 0 saturated carbocycles. The van der Waals surface area contributed by atoms with Crippen molar-refractivity contribution in [3.05, 3.63) is 47.8 Å². The Hall–Kier alpha value is -3.16. The number of aliphatic imine (C=N–C) groups is 1. The number of nitrogens with two attached hydrogens (primary N) is 1. The summed E-state index contributed by atoms with van der Waals surface area (Å²) in [4.78, 5) is 31.0. The van der Waals surface area contributed by atoms with Gasteiger partial charge in [-0.15, -0.1) is 0 Å². The molecule has 8 heteroatoms. The van der Waals surface area contributed by atoms with Gasteiger partial charge in [0.05, 0.1) is 12.0 Å². The Morgan fingerprint density at radius 3 is 2.75 bits per heavy atom. The number of carbonyl (C=O) groups is 2. The number of carbonyl (C=O) groups excluding carboxylic acids is 2. The van der Waals surface area contributed by atoms with Gasteiger partial charge in [0.15, 0.2) is 11.7 Å². The van der Waals surface area contributed by atoms with E-state index in [0.29, 0.717) is 17.8 Å². The fourth-order valence-electron chi connectivity index (χ4n) is 3.37. The maximum Gasteiger partial charge on any atom is 0.276 e. The van der Waals surface area contributed by atoms with Crippen LogP contribution in [0.2, 0.25) is 0 Å². The molecule has 28 heavy (non-hydrogen) atoms. The number of aromatic nitrogens is 2. The molecule has 0 spiro atoms. The average Bonchev–Trinajstić information content (AvgIpc) is 3.11. The largest absolute Gasteiger partial charge is 0.369 e. The summed E-state index contributed by atoms with van der Waals surface area (Å²) < 4.78 is 1.58. The predicted octanol–water partition coefficient (Wildman–Crippen LogP) is 2.23. The van der Waals surface area contributed by atoms with Gasteiger partial charge in [-0.05, 0) is 30.2 Å². The summed E-state index contributed by atoms with van der Waals surface area (Å²) in [6, 6.07) is 9.11. The quantitative estimate of drug-likeness (QED) is 0.799. The zero-order valence-corrected chi connectivity index (χ0v) is 16.5. The van der Waals surface area contributed by atoms with Gasteiger partial charge >= 0.3 is 0 Å². The van der Waals surface area contributed by atoms with E-state index in [1.165, 1.54) is 4.90 Å². The van der Waals surface area contributed by atoms with E-state index in [2.05, 4.69) is 17.3 Å². The average molecular weight is 382 g/mol. The van der Waals surface area contributed by atoms with Crippen molar-refractivity contribution in [3.63, 3.8) is 0 Å². The van der Waals surface area contributed by atoms with E-state index in [9.17, 15) is 9.59 Å². The van der Waals surface area contributed by atoms with Gasteiger partial charge in [-0.1, -0.05) is 31.9 Å². The first-order chi connectivity index (χ1) is 13.3. The molecule has 8 nitrogen and oxygen atoms in total. The fraction of sp³-hybridized carbons (Fsp3) is 0.400. The molecule has 3 rings (SSSR count). The van der Waals surface area contributed by atoms with E-state index in [-0.39, 0.29) is 24.2 Å². The van der Waals surface area contributed by atoms with Crippen molar-refractivity contribution in [2.75, 3.05) is 12.4 Å². The summed E-state index contributed by atoms with van der Waals surface area (Å²) in [5.74, 6) is -0.135. The molecular weight excluding hydrogens is 356 g/mol. The van der Waals surface area contributed by atoms with Gasteiger partial charge in [-0.25, -0.2) is 4.99 Å². The molecule has 0 saturated heterocycles. The smallest absolute Gasteiger partial charge is 0.276 e. The molecule has 2 heterocycles. The van der Waals surface area contributed by atoms with Crippen molar-refractivity contribution < 1.29 is 9.59 Å². The second kappa shape index (κ2) is 7.84. The number of hydrogen-bond donors (Lipinski definition) is 2. The van der Waals surface area contributed by atoms with Crippen LogP contribution in [-0.2, 0) is 17.4 Å². The Balaban J connectivity index is 1.93. The summed E-state index contributed by atoms with van der Waals surface area (Å²) >= 11 is 0. The Bertz CT molecular complexity index is 919. The summed E-state index contributed by atoms with van der Waals surface area (Å²) in [6.07, 6.45) is 4.57. The number of rotatable bonds is 6. The van der Waals surface area contributed by atoms with Crippen molar-refractivity contribution in [1.82, 2.24) is 14.7 Å². The lowest BCUT2D eigenvalue weighted by molar-refractivity contribution is -0.128. The van der Waals surface area contributed by atoms with Crippen LogP contribution >= 0.6 is 0 Å². The second-order valence-corrected chi connectivity index (χ2v) is 7.14. The van der Waals surface area contributed by atoms with E-state index < -0.39 is 5.54 Å². The SMILES string of the molecule is CCCC[C@@]1(c2cccc(NC(=O)c3ccn(C)n3)c2)CC(=O)N(C)C(N)=N1. The number of guanidine groups is 1. The number of amides is 2. The van der Waals surface area contributed by atoms with Gasteiger partial charge in [-0.2, -0.15) is 5.10 Å². The fourth-order valence-corrected chi connectivity index (χ4v) is 3.37. The van der Waals surface area contributed by atoms with Crippen LogP contribution in [0.3, 0.4) is 0 Å². The zero-order valence-electron chi connectivity index (χ0n) is 16.5. The molecule has 0 unspecified atom stereocenters. The highest BCUT2D eigenvalue weighted by atomic mass is 16.2. The number of aryl methyl sites for hydroxylation is 1. The minimum absolute atomic E-state index is 0.0634. The maximum absolute atomic E-state index is 12.5. The van der Waals surface area contributed by atoms with Gasteiger partial charge in [-0.3, -0.25) is 19.2 Å². The van der Waals surface area contributed by atoms with Crippen LogP contribution in [0.5, 0.6) is 0 Å². The molecule has 2 amide bonds. The van der Waals surface area contributed by atoms with Crippen LogP contribution < -0.4 is 11.1 Å². The first-order valence-electron chi connectivity index (χ1n) is 9.38. The van der Waals surface area contributed by atoms with Crippen molar-refractivity contribution in [2.24, 2.45) is 17.8 Å². The van der Waals surface area contributed by atoms with Crippen LogP contribution in [0.15, 0.2) is 41.5 Å². The molecule has 1 aromatic carbocycles. The Kier molecular flexibility index (Phi) is 5.48. The standard InChI is InChI=1S/C20H26N6O2/c1-4-5-10-20(13-17(27)26(3)19(21)23-20)14-7-6-8-15(12-14)22-18(28)16-9-11-25(2)24-16/h6-9,11-12H,4-5,10,13H2,1-3H3,(H2,21,23)(H,22,28)/t20-/m0/s1. The highest BCUT2D eigenvalue weighted by Crippen LogP contribution is 2.39. The van der Waals surface area contributed by atoms with E-state index in [0.717, 1.165) is 18.4 Å². The van der Waals surface area contributed by atoms with Gasteiger partial charge in [0.2, 0.25) is 5.91 Å². The molecule has 2 aromatic rings. The van der Waals surface area contributed by atoms with Crippen LogP contribution in [0.4, 0.5) is 5.69 Å². The molecule has 0 aliphatic carbocycles. The second-order valence-electron chi connectivity index (χ2n) is 7.14. The first kappa shape index (κ1) is 19.6. The van der Waals surface area contributed by atoms with Crippen molar-refractivity contribution in [1.29, 1.82) is 0 Å². The Morgan fingerprint density at radius 2 is 2.11 bits per heavy atom. The number of nitrogens with zero attached hydrogens (tertiary/aromatic N) is 4. The molecular formula is C20H26N6O2. The number of hydrogen-bond acceptors (Lipinski definition) is 5. The summed E-state index contributed by atoms with van der Waals surface area (Å²) in [5, 5.41) is 6.98. The normalized spacial score (nSPS) is 19.5. The highest BCUT2D eigenvalue weighted by molar-refractivity contribution is 6.03. The lowest BCUT2D eigenvalue weighted by Gasteiger charge is -2.37. The predicted molar refractivity (Wildman–Crippen MR) is 108 cm³/mol. The molecule has 1 atom stereocenters. The molecule has 0 fully saturated rings. The zero-order chi connectivity index (χ0) is 20.3. The number of unbranched alkanes of at least 4 members (excludes halogenated alkanes) is 1. The first-order valence-corrected chi connectivity index (χ1v) is 9.38. The highest BCUT2D eigenvalue weighted by Gasteiger charge is 2.39. The third-order valence-corrected chi connectivity index (χ3v) is 5.04. The van der Waals surface area contributed by atoms with Crippen molar-refractivity contribution in [3.8, 4) is 0 Å². The Morgan fingerprint density at radius 1 is 1.32 bits per heavy atom. The minimum atomic E-state index is -0.713. The topological polar surface area (TPSA) is 106 Å². The van der Waals surface area contributed by atoms with Crippen LogP contribution in [-0.4, -0.2) is 39.5 Å². The van der Waals surface area contributed by atoms with Gasteiger partial charge in [0.1, 0.15) is 0 Å².